The van der Waals surface area contributed by atoms with Crippen LogP contribution >= 0.6 is 0 Å². The van der Waals surface area contributed by atoms with Gasteiger partial charge in [-0.1, -0.05) is 60.7 Å². The zero-order valence-corrected chi connectivity index (χ0v) is 14.7. The molecule has 0 atom stereocenters. The summed E-state index contributed by atoms with van der Waals surface area (Å²) in [4.78, 5) is 4.75. The minimum atomic E-state index is 0.894. The monoisotopic (exact) mass is 342 g/mol. The molecule has 3 aliphatic rings. The van der Waals surface area contributed by atoms with Crippen LogP contribution in [0.2, 0.25) is 0 Å². The second kappa shape index (κ2) is 6.30. The molecule has 4 heteroatoms. The van der Waals surface area contributed by atoms with Crippen molar-refractivity contribution in [3.8, 4) is 0 Å². The standard InChI is InChI=1S/C22H22N4/c1-3-7-19(8-4-1)13-23-15-21-11-12-22-16-24(18-26(22)25(21)17-23)14-20-9-5-2-6-10-20/h1-12,15-16H,13-14,17-18H2. The van der Waals surface area contributed by atoms with Crippen LogP contribution in [0.4, 0.5) is 0 Å². The molecule has 0 spiro atoms. The van der Waals surface area contributed by atoms with E-state index in [2.05, 4.69) is 105 Å². The summed E-state index contributed by atoms with van der Waals surface area (Å²) >= 11 is 0. The average molecular weight is 342 g/mol. The van der Waals surface area contributed by atoms with Gasteiger partial charge in [-0.3, -0.25) is 10.0 Å². The fourth-order valence-corrected chi connectivity index (χ4v) is 3.78. The lowest BCUT2D eigenvalue weighted by molar-refractivity contribution is 0.0144. The van der Waals surface area contributed by atoms with Crippen LogP contribution in [0.5, 0.6) is 0 Å². The van der Waals surface area contributed by atoms with Crippen molar-refractivity contribution in [2.24, 2.45) is 0 Å². The summed E-state index contributed by atoms with van der Waals surface area (Å²) in [6.45, 7) is 3.67. The molecule has 2 aromatic carbocycles. The fourth-order valence-electron chi connectivity index (χ4n) is 3.78. The van der Waals surface area contributed by atoms with E-state index in [0.717, 1.165) is 26.4 Å². The van der Waals surface area contributed by atoms with E-state index >= 15 is 0 Å². The zero-order valence-electron chi connectivity index (χ0n) is 14.7. The molecule has 5 rings (SSSR count). The molecule has 26 heavy (non-hydrogen) atoms. The third-order valence-electron chi connectivity index (χ3n) is 5.03. The first kappa shape index (κ1) is 15.1. The second-order valence-electron chi connectivity index (χ2n) is 6.99. The van der Waals surface area contributed by atoms with Gasteiger partial charge in [-0.2, -0.15) is 0 Å². The van der Waals surface area contributed by atoms with Gasteiger partial charge in [-0.05, 0) is 23.3 Å². The topological polar surface area (TPSA) is 13.0 Å². The summed E-state index contributed by atoms with van der Waals surface area (Å²) < 4.78 is 0. The van der Waals surface area contributed by atoms with E-state index in [4.69, 9.17) is 0 Å². The van der Waals surface area contributed by atoms with E-state index < -0.39 is 0 Å². The molecule has 0 aromatic heterocycles. The Labute approximate surface area is 154 Å². The molecule has 0 aliphatic carbocycles. The van der Waals surface area contributed by atoms with Crippen LogP contribution < -0.4 is 0 Å². The van der Waals surface area contributed by atoms with Gasteiger partial charge in [0.05, 0.1) is 11.4 Å². The first-order chi connectivity index (χ1) is 12.8. The van der Waals surface area contributed by atoms with Gasteiger partial charge >= 0.3 is 0 Å². The average Bonchev–Trinajstić information content (AvgIpc) is 3.26. The maximum atomic E-state index is 2.37. The number of allylic oxidation sites excluding steroid dienone is 2. The number of hydrogen-bond donors (Lipinski definition) is 0. The maximum Gasteiger partial charge on any atom is 0.110 e. The van der Waals surface area contributed by atoms with Crippen molar-refractivity contribution in [1.82, 2.24) is 19.8 Å². The van der Waals surface area contributed by atoms with Crippen LogP contribution in [0, 0.1) is 0 Å². The summed E-state index contributed by atoms with van der Waals surface area (Å²) in [5, 5.41) is 4.75. The highest BCUT2D eigenvalue weighted by atomic mass is 15.7. The molecule has 3 aliphatic heterocycles. The predicted octanol–water partition coefficient (Wildman–Crippen LogP) is 3.70. The number of hydrazine groups is 1. The van der Waals surface area contributed by atoms with E-state index in [-0.39, 0.29) is 0 Å². The smallest absolute Gasteiger partial charge is 0.110 e. The molecule has 0 saturated heterocycles. The van der Waals surface area contributed by atoms with Gasteiger partial charge in [0.15, 0.2) is 0 Å². The van der Waals surface area contributed by atoms with Crippen LogP contribution in [0.15, 0.2) is 96.6 Å². The van der Waals surface area contributed by atoms with Crippen molar-refractivity contribution in [2.75, 3.05) is 13.3 Å². The summed E-state index contributed by atoms with van der Waals surface area (Å²) in [5.41, 5.74) is 5.21. The maximum absolute atomic E-state index is 2.37. The van der Waals surface area contributed by atoms with E-state index in [9.17, 15) is 0 Å². The first-order valence-corrected chi connectivity index (χ1v) is 9.08. The van der Waals surface area contributed by atoms with Crippen molar-refractivity contribution < 1.29 is 0 Å². The lowest BCUT2D eigenvalue weighted by atomic mass is 10.2. The Kier molecular flexibility index (Phi) is 3.67. The fraction of sp³-hybridized carbons (Fsp3) is 0.182. The van der Waals surface area contributed by atoms with Crippen molar-refractivity contribution in [3.63, 3.8) is 0 Å². The van der Waals surface area contributed by atoms with Gasteiger partial charge in [0.2, 0.25) is 0 Å². The second-order valence-corrected chi connectivity index (χ2v) is 6.99. The van der Waals surface area contributed by atoms with Crippen LogP contribution in [-0.2, 0) is 13.1 Å². The quantitative estimate of drug-likeness (QED) is 0.840. The van der Waals surface area contributed by atoms with Gasteiger partial charge in [0.25, 0.3) is 0 Å². The molecule has 3 heterocycles. The molecule has 0 amide bonds. The number of nitrogens with zero attached hydrogens (tertiary/aromatic N) is 4. The Morgan fingerprint density at radius 1 is 0.577 bits per heavy atom. The Hall–Kier alpha value is -3.14. The highest BCUT2D eigenvalue weighted by molar-refractivity contribution is 5.34. The highest BCUT2D eigenvalue weighted by Crippen LogP contribution is 2.32. The van der Waals surface area contributed by atoms with Crippen LogP contribution in [0.25, 0.3) is 0 Å². The Morgan fingerprint density at radius 2 is 1.00 bits per heavy atom. The van der Waals surface area contributed by atoms with Gasteiger partial charge in [0, 0.05) is 25.5 Å². The minimum absolute atomic E-state index is 0.894. The summed E-state index contributed by atoms with van der Waals surface area (Å²) in [6, 6.07) is 21.3. The molecule has 0 fully saturated rings. The number of hydrogen-bond acceptors (Lipinski definition) is 4. The Balaban J connectivity index is 1.28. The Morgan fingerprint density at radius 3 is 1.42 bits per heavy atom. The van der Waals surface area contributed by atoms with Crippen LogP contribution in [-0.4, -0.2) is 33.2 Å². The van der Waals surface area contributed by atoms with Gasteiger partial charge in [-0.15, -0.1) is 0 Å². The van der Waals surface area contributed by atoms with Crippen molar-refractivity contribution >= 4 is 0 Å². The molecule has 0 saturated carbocycles. The summed E-state index contributed by atoms with van der Waals surface area (Å²) in [5.74, 6) is 0. The van der Waals surface area contributed by atoms with Gasteiger partial charge in [-0.25, -0.2) is 0 Å². The van der Waals surface area contributed by atoms with Crippen LogP contribution in [0.3, 0.4) is 0 Å². The van der Waals surface area contributed by atoms with Crippen molar-refractivity contribution in [3.05, 3.63) is 108 Å². The zero-order chi connectivity index (χ0) is 17.3. The normalized spacial score (nSPS) is 18.0. The van der Waals surface area contributed by atoms with E-state index in [0.29, 0.717) is 0 Å². The molecular weight excluding hydrogens is 320 g/mol. The highest BCUT2D eigenvalue weighted by Gasteiger charge is 2.32. The number of benzene rings is 2. The predicted molar refractivity (Wildman–Crippen MR) is 103 cm³/mol. The molecule has 0 N–H and O–H groups in total. The SMILES string of the molecule is C1=CC2=CN(Cc3ccccc3)CN2N2CN(Cc3ccccc3)C=C12. The summed E-state index contributed by atoms with van der Waals surface area (Å²) in [7, 11) is 0. The van der Waals surface area contributed by atoms with E-state index in [1.165, 1.54) is 22.5 Å². The lowest BCUT2D eigenvalue weighted by Crippen LogP contribution is -2.43. The summed E-state index contributed by atoms with van der Waals surface area (Å²) in [6.07, 6.45) is 8.97. The van der Waals surface area contributed by atoms with Crippen molar-refractivity contribution in [2.45, 2.75) is 13.1 Å². The van der Waals surface area contributed by atoms with E-state index in [1.54, 1.807) is 0 Å². The van der Waals surface area contributed by atoms with E-state index in [1.807, 2.05) is 0 Å². The van der Waals surface area contributed by atoms with Crippen molar-refractivity contribution in [1.29, 1.82) is 0 Å². The molecule has 2 aromatic rings. The third kappa shape index (κ3) is 2.84. The third-order valence-corrected chi connectivity index (χ3v) is 5.03. The lowest BCUT2D eigenvalue weighted by Gasteiger charge is -2.37. The Bertz CT molecular complexity index is 796. The molecule has 130 valence electrons. The molecule has 0 bridgehead atoms. The minimum Gasteiger partial charge on any atom is -0.352 e. The number of rotatable bonds is 4. The number of fused-ring (bicyclic) bond motifs is 3. The largest absolute Gasteiger partial charge is 0.352 e. The van der Waals surface area contributed by atoms with Crippen LogP contribution in [0.1, 0.15) is 11.1 Å². The molecule has 0 unspecified atom stereocenters. The van der Waals surface area contributed by atoms with Gasteiger partial charge < -0.3 is 9.80 Å². The molecule has 4 nitrogen and oxygen atoms in total. The first-order valence-electron chi connectivity index (χ1n) is 9.08. The molecular formula is C22H22N4. The van der Waals surface area contributed by atoms with Gasteiger partial charge in [0.1, 0.15) is 13.3 Å². The molecule has 0 radical (unpaired) electrons.